The Labute approximate surface area is 164 Å². The maximum absolute atomic E-state index is 11.0. The number of hydrogen-bond donors (Lipinski definition) is 2. The van der Waals surface area contributed by atoms with E-state index < -0.39 is 0 Å². The maximum atomic E-state index is 11.0. The third kappa shape index (κ3) is 27.5. The van der Waals surface area contributed by atoms with Crippen LogP contribution < -0.4 is 0 Å². The fraction of sp³-hybridized carbons (Fsp3) is 0.556. The number of allylic oxidation sites excluding steroid dienone is 4. The van der Waals surface area contributed by atoms with Crippen LogP contribution in [-0.4, -0.2) is 35.4 Å². The molecule has 0 heterocycles. The van der Waals surface area contributed by atoms with Gasteiger partial charge in [-0.25, -0.2) is 0 Å². The molecule has 0 amide bonds. The van der Waals surface area contributed by atoms with Crippen molar-refractivity contribution in [3.8, 4) is 0 Å². The summed E-state index contributed by atoms with van der Waals surface area (Å²) in [5.74, 6) is 0.185. The minimum atomic E-state index is -0.0324. The van der Waals surface area contributed by atoms with Crippen molar-refractivity contribution in [2.45, 2.75) is 48.5 Å². The normalized spacial score (nSPS) is 10.3. The summed E-state index contributed by atoms with van der Waals surface area (Å²) in [6.45, 7) is 18.9. The van der Waals surface area contributed by atoms with E-state index in [4.69, 9.17) is 14.7 Å². The van der Waals surface area contributed by atoms with Gasteiger partial charge in [-0.1, -0.05) is 41.5 Å². The van der Waals surface area contributed by atoms with Gasteiger partial charge >= 0.3 is 19.5 Å². The Bertz CT molecular complexity index is 406. The van der Waals surface area contributed by atoms with Gasteiger partial charge in [0.25, 0.3) is 0 Å². The average molecular weight is 444 g/mol. The molecular formula is C18H30O6Ru. The van der Waals surface area contributed by atoms with Gasteiger partial charge in [0.1, 0.15) is 0 Å². The number of ketones is 2. The Kier molecular flexibility index (Phi) is 31.0. The van der Waals surface area contributed by atoms with Crippen LogP contribution in [0.15, 0.2) is 23.7 Å². The molecule has 0 aromatic rings. The second-order valence-corrected chi connectivity index (χ2v) is 5.62. The summed E-state index contributed by atoms with van der Waals surface area (Å²) >= 11 is 0. The average Bonchev–Trinajstić information content (AvgIpc) is 2.50. The standard InChI is InChI=1S/C9H16O2.C7H12O2.2CHO.Ru/c1-6(2)8(10)5-9(11)7(3)4;1-5(2)7(9)4-6(3)8;2*1-2;/h5-7,10H,1-4H3;4-5,8H,1-3H3;2*1H;/q;;2*-1;+2/b8-5-;6-4-;;;. The van der Waals surface area contributed by atoms with E-state index in [1.807, 2.05) is 27.7 Å². The van der Waals surface area contributed by atoms with E-state index >= 15 is 0 Å². The van der Waals surface area contributed by atoms with Gasteiger partial charge in [0.2, 0.25) is 0 Å². The van der Waals surface area contributed by atoms with E-state index in [1.54, 1.807) is 13.8 Å². The van der Waals surface area contributed by atoms with Gasteiger partial charge < -0.3 is 19.8 Å². The summed E-state index contributed by atoms with van der Waals surface area (Å²) in [6.07, 6.45) is 2.56. The van der Waals surface area contributed by atoms with Crippen LogP contribution in [0.1, 0.15) is 48.5 Å². The second kappa shape index (κ2) is 22.4. The van der Waals surface area contributed by atoms with Crippen LogP contribution in [-0.2, 0) is 38.7 Å². The minimum Gasteiger partial charge on any atom is -0.545 e. The number of aliphatic hydroxyl groups excluding tert-OH is 2. The van der Waals surface area contributed by atoms with Gasteiger partial charge in [-0.15, -0.1) is 0 Å². The Morgan fingerprint density at radius 1 is 0.720 bits per heavy atom. The van der Waals surface area contributed by atoms with Gasteiger partial charge in [-0.05, 0) is 6.92 Å². The quantitative estimate of drug-likeness (QED) is 0.222. The van der Waals surface area contributed by atoms with E-state index in [-0.39, 0.29) is 60.3 Å². The molecule has 0 saturated heterocycles. The van der Waals surface area contributed by atoms with Gasteiger partial charge in [0, 0.05) is 29.9 Å². The molecule has 0 aromatic carbocycles. The summed E-state index contributed by atoms with van der Waals surface area (Å²) in [5, 5.41) is 17.8. The number of rotatable bonds is 5. The van der Waals surface area contributed by atoms with E-state index in [9.17, 15) is 14.7 Å². The summed E-state index contributed by atoms with van der Waals surface area (Å²) in [6, 6.07) is 0. The predicted molar refractivity (Wildman–Crippen MR) is 95.1 cm³/mol. The minimum absolute atomic E-state index is 0. The molecule has 0 spiro atoms. The molecule has 0 aromatic heterocycles. The van der Waals surface area contributed by atoms with E-state index in [2.05, 4.69) is 13.6 Å². The largest absolute Gasteiger partial charge is 2.00 e. The van der Waals surface area contributed by atoms with Crippen molar-refractivity contribution in [2.24, 2.45) is 17.8 Å². The summed E-state index contributed by atoms with van der Waals surface area (Å²) in [5.41, 5.74) is 0. The Morgan fingerprint density at radius 2 is 1.00 bits per heavy atom. The van der Waals surface area contributed by atoms with Gasteiger partial charge in [0.15, 0.2) is 11.6 Å². The van der Waals surface area contributed by atoms with Crippen molar-refractivity contribution < 1.29 is 48.9 Å². The smallest absolute Gasteiger partial charge is 0.545 e. The van der Waals surface area contributed by atoms with Crippen molar-refractivity contribution in [3.05, 3.63) is 23.7 Å². The van der Waals surface area contributed by atoms with Gasteiger partial charge in [-0.2, -0.15) is 0 Å². The Hall–Kier alpha value is -1.62. The van der Waals surface area contributed by atoms with Crippen molar-refractivity contribution in [3.63, 3.8) is 0 Å². The summed E-state index contributed by atoms with van der Waals surface area (Å²) in [7, 11) is 0. The van der Waals surface area contributed by atoms with E-state index in [1.165, 1.54) is 19.1 Å². The van der Waals surface area contributed by atoms with Gasteiger partial charge in [-0.3, -0.25) is 23.2 Å². The zero-order valence-corrected chi connectivity index (χ0v) is 17.7. The first-order valence-electron chi connectivity index (χ1n) is 7.31. The fourth-order valence-corrected chi connectivity index (χ4v) is 0.852. The van der Waals surface area contributed by atoms with Crippen molar-refractivity contribution in [1.29, 1.82) is 0 Å². The van der Waals surface area contributed by atoms with Crippen molar-refractivity contribution in [2.75, 3.05) is 0 Å². The molecule has 0 rings (SSSR count). The van der Waals surface area contributed by atoms with E-state index in [0.717, 1.165) is 0 Å². The third-order valence-corrected chi connectivity index (χ3v) is 2.37. The molecule has 0 unspecified atom stereocenters. The van der Waals surface area contributed by atoms with Crippen LogP contribution in [0, 0.1) is 17.8 Å². The molecule has 0 aliphatic heterocycles. The number of hydrogen-bond acceptors (Lipinski definition) is 6. The second-order valence-electron chi connectivity index (χ2n) is 5.62. The molecule has 0 bridgehead atoms. The van der Waals surface area contributed by atoms with E-state index in [0.29, 0.717) is 0 Å². The van der Waals surface area contributed by atoms with Crippen molar-refractivity contribution >= 4 is 25.1 Å². The maximum Gasteiger partial charge on any atom is 2.00 e. The zero-order chi connectivity index (χ0) is 20.5. The first-order valence-corrected chi connectivity index (χ1v) is 7.31. The zero-order valence-electron chi connectivity index (χ0n) is 15.9. The molecule has 6 nitrogen and oxygen atoms in total. The molecule has 0 saturated carbocycles. The van der Waals surface area contributed by atoms with Crippen LogP contribution in [0.3, 0.4) is 0 Å². The SMILES string of the molecule is C/C(O)=C/C(=O)C(C)C.CC(C)C(=O)/C=C(\O)C(C)C.[CH-]=O.[CH-]=O.[Ru+2]. The fourth-order valence-electron chi connectivity index (χ4n) is 0.852. The van der Waals surface area contributed by atoms with Crippen LogP contribution in [0.4, 0.5) is 0 Å². The molecule has 2 N–H and O–H groups in total. The topological polar surface area (TPSA) is 109 Å². The summed E-state index contributed by atoms with van der Waals surface area (Å²) < 4.78 is 0. The van der Waals surface area contributed by atoms with Gasteiger partial charge in [0.05, 0.1) is 11.5 Å². The monoisotopic (exact) mass is 444 g/mol. The first kappa shape index (κ1) is 34.7. The van der Waals surface area contributed by atoms with Crippen LogP contribution in [0.2, 0.25) is 0 Å². The molecule has 0 atom stereocenters. The van der Waals surface area contributed by atoms with Crippen LogP contribution >= 0.6 is 0 Å². The molecular weight excluding hydrogens is 413 g/mol. The Morgan fingerprint density at radius 3 is 1.16 bits per heavy atom. The van der Waals surface area contributed by atoms with Crippen LogP contribution in [0.5, 0.6) is 0 Å². The molecule has 146 valence electrons. The molecule has 7 heteroatoms. The number of carbonyl (C=O) groups is 2. The molecule has 0 fully saturated rings. The molecule has 0 radical (unpaired) electrons. The predicted octanol–water partition coefficient (Wildman–Crippen LogP) is 3.43. The first-order chi connectivity index (χ1) is 11.0. The van der Waals surface area contributed by atoms with Crippen molar-refractivity contribution in [1.82, 2.24) is 0 Å². The summed E-state index contributed by atoms with van der Waals surface area (Å²) in [4.78, 5) is 37.2. The Balaban J connectivity index is -0.0000000867. The molecule has 0 aliphatic rings. The number of aliphatic hydroxyl groups is 2. The molecule has 0 aliphatic carbocycles. The number of carbonyl (C=O) groups excluding carboxylic acids is 4. The molecule has 25 heavy (non-hydrogen) atoms. The third-order valence-electron chi connectivity index (χ3n) is 2.37. The van der Waals surface area contributed by atoms with Crippen LogP contribution in [0.25, 0.3) is 0 Å².